The molecule has 0 saturated carbocycles. The normalized spacial score (nSPS) is 26.0. The van der Waals surface area contributed by atoms with Gasteiger partial charge >= 0.3 is 0 Å². The van der Waals surface area contributed by atoms with Crippen LogP contribution in [0.25, 0.3) is 0 Å². The zero-order valence-corrected chi connectivity index (χ0v) is 19.5. The molecule has 0 amide bonds. The first-order chi connectivity index (χ1) is 13.7. The summed E-state index contributed by atoms with van der Waals surface area (Å²) >= 11 is 13.5. The second-order valence-corrected chi connectivity index (χ2v) is 9.53. The van der Waals surface area contributed by atoms with E-state index in [-0.39, 0.29) is 20.7 Å². The molecule has 1 fully saturated rings. The summed E-state index contributed by atoms with van der Waals surface area (Å²) in [5.41, 5.74) is 1.73. The summed E-state index contributed by atoms with van der Waals surface area (Å²) in [5.74, 6) is -0.608. The van der Waals surface area contributed by atoms with E-state index in [1.165, 1.54) is 23.4 Å². The monoisotopic (exact) mass is 472 g/mol. The number of halogens is 2. The minimum Gasteiger partial charge on any atom is -0.369 e. The highest BCUT2D eigenvalue weighted by Gasteiger charge is 2.50. The number of amidine groups is 1. The first kappa shape index (κ1) is 22.4. The van der Waals surface area contributed by atoms with Crippen LogP contribution < -0.4 is 0 Å². The number of hydrogen-bond donors (Lipinski definition) is 1. The van der Waals surface area contributed by atoms with Gasteiger partial charge in [-0.2, -0.15) is 8.42 Å². The maximum atomic E-state index is 11.8. The molecule has 1 aliphatic heterocycles. The van der Waals surface area contributed by atoms with Gasteiger partial charge in [0.2, 0.25) is 10.3 Å². The highest BCUT2D eigenvalue weighted by Crippen LogP contribution is 2.41. The molecule has 1 aromatic rings. The Labute approximate surface area is 186 Å². The highest BCUT2D eigenvalue weighted by molar-refractivity contribution is 8.14. The van der Waals surface area contributed by atoms with Gasteiger partial charge in [-0.1, -0.05) is 67.0 Å². The van der Waals surface area contributed by atoms with Crippen molar-refractivity contribution in [3.8, 4) is 0 Å². The van der Waals surface area contributed by atoms with Gasteiger partial charge in [0.05, 0.1) is 27.4 Å². The van der Waals surface area contributed by atoms with E-state index < -0.39 is 21.9 Å². The number of aliphatic hydroxyl groups is 1. The van der Waals surface area contributed by atoms with Crippen molar-refractivity contribution in [3.05, 3.63) is 51.5 Å². The molecule has 1 aromatic carbocycles. The SMILES string of the molecule is CCc1ccc(N=C2SCC(O)(C3C=CC(Cl)=C(Cl)C3=S(=O)=O)N2C)c(CC)c1. The Morgan fingerprint density at radius 1 is 1.31 bits per heavy atom. The highest BCUT2D eigenvalue weighted by atomic mass is 35.5. The molecule has 0 spiro atoms. The average molecular weight is 473 g/mol. The van der Waals surface area contributed by atoms with Gasteiger partial charge in [0, 0.05) is 7.05 Å². The molecular weight excluding hydrogens is 451 g/mol. The van der Waals surface area contributed by atoms with Crippen LogP contribution in [0.5, 0.6) is 0 Å². The largest absolute Gasteiger partial charge is 0.369 e. The Hall–Kier alpha value is -1.25. The summed E-state index contributed by atoms with van der Waals surface area (Å²) in [7, 11) is -0.916. The zero-order valence-electron chi connectivity index (χ0n) is 16.3. The number of rotatable bonds is 4. The molecule has 1 saturated heterocycles. The summed E-state index contributed by atoms with van der Waals surface area (Å²) < 4.78 is 23.7. The summed E-state index contributed by atoms with van der Waals surface area (Å²) in [6.45, 7) is 4.19. The fourth-order valence-electron chi connectivity index (χ4n) is 3.43. The Kier molecular flexibility index (Phi) is 6.85. The fourth-order valence-corrected chi connectivity index (χ4v) is 5.99. The molecule has 0 bridgehead atoms. The lowest BCUT2D eigenvalue weighted by Crippen LogP contribution is -2.53. The van der Waals surface area contributed by atoms with Crippen molar-refractivity contribution in [1.29, 1.82) is 0 Å². The van der Waals surface area contributed by atoms with Crippen LogP contribution in [0.4, 0.5) is 5.69 Å². The Balaban J connectivity index is 1.99. The zero-order chi connectivity index (χ0) is 21.3. The third kappa shape index (κ3) is 4.16. The molecule has 1 aliphatic carbocycles. The number of hydrogen-bond acceptors (Lipinski definition) is 5. The molecule has 1 heterocycles. The molecule has 156 valence electrons. The van der Waals surface area contributed by atoms with Crippen LogP contribution in [-0.2, 0) is 23.1 Å². The first-order valence-electron chi connectivity index (χ1n) is 9.22. The van der Waals surface area contributed by atoms with Gasteiger partial charge in [-0.15, -0.1) is 0 Å². The van der Waals surface area contributed by atoms with Gasteiger partial charge < -0.3 is 10.0 Å². The molecule has 3 rings (SSSR count). The second kappa shape index (κ2) is 8.86. The van der Waals surface area contributed by atoms with Gasteiger partial charge in [-0.05, 0) is 36.1 Å². The van der Waals surface area contributed by atoms with E-state index in [2.05, 4.69) is 19.9 Å². The Morgan fingerprint density at radius 3 is 2.66 bits per heavy atom. The summed E-state index contributed by atoms with van der Waals surface area (Å²) in [6, 6.07) is 6.18. The summed E-state index contributed by atoms with van der Waals surface area (Å²) in [4.78, 5) is 6.27. The first-order valence-corrected chi connectivity index (χ1v) is 12.0. The maximum Gasteiger partial charge on any atom is 0.219 e. The number of allylic oxidation sites excluding steroid dienone is 3. The molecule has 2 atom stereocenters. The fraction of sp³-hybridized carbons (Fsp3) is 0.400. The van der Waals surface area contributed by atoms with E-state index in [0.717, 1.165) is 24.1 Å². The average Bonchev–Trinajstić information content (AvgIpc) is 2.99. The van der Waals surface area contributed by atoms with Gasteiger partial charge in [-0.25, -0.2) is 4.99 Å². The molecule has 2 aliphatic rings. The van der Waals surface area contributed by atoms with Crippen LogP contribution in [0.1, 0.15) is 25.0 Å². The molecule has 0 radical (unpaired) electrons. The minimum absolute atomic E-state index is 0.0619. The number of aliphatic imine (C=N–C) groups is 1. The number of thioether (sulfide) groups is 1. The van der Waals surface area contributed by atoms with Crippen LogP contribution >= 0.6 is 35.0 Å². The predicted octanol–water partition coefficient (Wildman–Crippen LogP) is 4.09. The lowest BCUT2D eigenvalue weighted by molar-refractivity contribution is -0.0449. The Bertz CT molecular complexity index is 1060. The van der Waals surface area contributed by atoms with Crippen molar-refractivity contribution in [2.75, 3.05) is 12.8 Å². The quantitative estimate of drug-likeness (QED) is 0.668. The molecule has 1 N–H and O–H groups in total. The Morgan fingerprint density at radius 2 is 2.03 bits per heavy atom. The van der Waals surface area contributed by atoms with Crippen molar-refractivity contribution in [2.45, 2.75) is 32.4 Å². The van der Waals surface area contributed by atoms with E-state index in [4.69, 9.17) is 28.2 Å². The molecule has 29 heavy (non-hydrogen) atoms. The van der Waals surface area contributed by atoms with Gasteiger partial charge in [0.1, 0.15) is 4.86 Å². The van der Waals surface area contributed by atoms with Crippen LogP contribution in [0.3, 0.4) is 0 Å². The topological polar surface area (TPSA) is 70.0 Å². The smallest absolute Gasteiger partial charge is 0.219 e. The molecule has 9 heteroatoms. The van der Waals surface area contributed by atoms with Crippen molar-refractivity contribution >= 4 is 61.0 Å². The lowest BCUT2D eigenvalue weighted by atomic mass is 9.89. The molecule has 5 nitrogen and oxygen atoms in total. The molecule has 2 unspecified atom stereocenters. The predicted molar refractivity (Wildman–Crippen MR) is 123 cm³/mol. The number of nitrogens with zero attached hydrogens (tertiary/aromatic N) is 2. The van der Waals surface area contributed by atoms with Crippen molar-refractivity contribution in [3.63, 3.8) is 0 Å². The van der Waals surface area contributed by atoms with Gasteiger partial charge in [0.25, 0.3) is 0 Å². The van der Waals surface area contributed by atoms with Crippen molar-refractivity contribution in [2.24, 2.45) is 10.9 Å². The third-order valence-corrected chi connectivity index (χ3v) is 8.19. The van der Waals surface area contributed by atoms with Crippen molar-refractivity contribution in [1.82, 2.24) is 4.90 Å². The van der Waals surface area contributed by atoms with Crippen LogP contribution in [0.15, 0.2) is 45.4 Å². The number of aryl methyl sites for hydroxylation is 2. The summed E-state index contributed by atoms with van der Waals surface area (Å²) in [6.07, 6.45) is 4.89. The van der Waals surface area contributed by atoms with Crippen LogP contribution in [0.2, 0.25) is 0 Å². The minimum atomic E-state index is -2.62. The van der Waals surface area contributed by atoms with E-state index in [1.54, 1.807) is 18.0 Å². The second-order valence-electron chi connectivity index (χ2n) is 6.89. The lowest BCUT2D eigenvalue weighted by Gasteiger charge is -2.37. The van der Waals surface area contributed by atoms with E-state index in [0.29, 0.717) is 5.17 Å². The van der Waals surface area contributed by atoms with E-state index >= 15 is 0 Å². The van der Waals surface area contributed by atoms with Crippen LogP contribution in [-0.4, -0.2) is 47.0 Å². The van der Waals surface area contributed by atoms with Gasteiger partial charge in [-0.3, -0.25) is 0 Å². The van der Waals surface area contributed by atoms with E-state index in [1.807, 2.05) is 12.1 Å². The molecule has 0 aromatic heterocycles. The standard InChI is InChI=1S/C20H22Cl2N2O3S2/c1-4-12-6-9-16(13(5-2)10-12)23-19-24(3)20(25,11-28-19)14-7-8-15(21)17(22)18(14)29(26)27/h6-10,14,25H,4-5,11H2,1-3H3. The van der Waals surface area contributed by atoms with Gasteiger partial charge in [0.15, 0.2) is 10.9 Å². The third-order valence-electron chi connectivity index (χ3n) is 5.25. The summed E-state index contributed by atoms with van der Waals surface area (Å²) in [5, 5.41) is 12.1. The molecular formula is C20H22Cl2N2O3S2. The van der Waals surface area contributed by atoms with Crippen LogP contribution in [0, 0.1) is 5.92 Å². The maximum absolute atomic E-state index is 11.8. The number of benzene rings is 1. The van der Waals surface area contributed by atoms with Crippen molar-refractivity contribution < 1.29 is 13.5 Å². The van der Waals surface area contributed by atoms with E-state index in [9.17, 15) is 13.5 Å².